The van der Waals surface area contributed by atoms with Crippen molar-refractivity contribution in [2.45, 2.75) is 38.1 Å². The molecular weight excluding hydrogens is 366 g/mol. The predicted octanol–water partition coefficient (Wildman–Crippen LogP) is 3.08. The van der Waals surface area contributed by atoms with Gasteiger partial charge in [-0.15, -0.1) is 0 Å². The zero-order valence-corrected chi connectivity index (χ0v) is 16.8. The number of carbonyl (C=O) groups excluding carboxylic acids is 1. The van der Waals surface area contributed by atoms with Crippen LogP contribution in [-0.2, 0) is 6.42 Å². The molecule has 1 N–H and O–H groups in total. The fourth-order valence-electron chi connectivity index (χ4n) is 4.17. The van der Waals surface area contributed by atoms with E-state index in [1.807, 2.05) is 24.4 Å². The standard InChI is InChI=1S/C22H27N5O2/c1-27(13-10-17-7-2-3-11-23-17)15-16-6-4-8-18(14-16)25-22(28)20-19-9-5-12-24-21(19)26-29-20/h2-3,5,7,9,11-12,16,18H,4,6,8,10,13-15H2,1H3,(H,25,28)/t16-,18-/m1/s1. The number of likely N-dealkylation sites (N-methyl/N-ethyl adjacent to an activating group) is 1. The van der Waals surface area contributed by atoms with Gasteiger partial charge in [0.25, 0.3) is 5.91 Å². The maximum absolute atomic E-state index is 12.7. The van der Waals surface area contributed by atoms with E-state index in [4.69, 9.17) is 4.52 Å². The molecule has 1 saturated carbocycles. The van der Waals surface area contributed by atoms with Crippen LogP contribution >= 0.6 is 0 Å². The molecule has 3 heterocycles. The number of fused-ring (bicyclic) bond motifs is 1. The van der Waals surface area contributed by atoms with Crippen molar-refractivity contribution < 1.29 is 9.32 Å². The van der Waals surface area contributed by atoms with E-state index in [1.165, 1.54) is 6.42 Å². The van der Waals surface area contributed by atoms with Gasteiger partial charge in [-0.1, -0.05) is 17.6 Å². The van der Waals surface area contributed by atoms with Crippen molar-refractivity contribution in [2.75, 3.05) is 20.1 Å². The lowest BCUT2D eigenvalue weighted by molar-refractivity contribution is 0.0879. The van der Waals surface area contributed by atoms with Crippen LogP contribution in [0.5, 0.6) is 0 Å². The summed E-state index contributed by atoms with van der Waals surface area (Å²) in [6.45, 7) is 2.02. The number of nitrogens with zero attached hydrogens (tertiary/aromatic N) is 4. The highest BCUT2D eigenvalue weighted by molar-refractivity contribution is 6.02. The SMILES string of the molecule is CN(CCc1ccccn1)C[C@@H]1CCC[C@@H](NC(=O)c2onc3ncccc23)C1. The zero-order valence-electron chi connectivity index (χ0n) is 16.8. The maximum atomic E-state index is 12.7. The third kappa shape index (κ3) is 4.98. The van der Waals surface area contributed by atoms with Gasteiger partial charge in [-0.05, 0) is 56.5 Å². The summed E-state index contributed by atoms with van der Waals surface area (Å²) < 4.78 is 5.25. The first-order valence-electron chi connectivity index (χ1n) is 10.3. The summed E-state index contributed by atoms with van der Waals surface area (Å²) in [7, 11) is 2.17. The Morgan fingerprint density at radius 3 is 2.97 bits per heavy atom. The molecule has 4 rings (SSSR count). The Hall–Kier alpha value is -2.80. The highest BCUT2D eigenvalue weighted by atomic mass is 16.5. The molecule has 2 atom stereocenters. The van der Waals surface area contributed by atoms with Gasteiger partial charge < -0.3 is 14.7 Å². The Morgan fingerprint density at radius 2 is 2.10 bits per heavy atom. The Morgan fingerprint density at radius 1 is 1.21 bits per heavy atom. The molecule has 1 aliphatic carbocycles. The van der Waals surface area contributed by atoms with Gasteiger partial charge in [0, 0.05) is 43.6 Å². The Balaban J connectivity index is 1.28. The Labute approximate surface area is 170 Å². The lowest BCUT2D eigenvalue weighted by Crippen LogP contribution is -2.40. The molecule has 152 valence electrons. The average molecular weight is 393 g/mol. The van der Waals surface area contributed by atoms with Crippen molar-refractivity contribution in [1.29, 1.82) is 0 Å². The lowest BCUT2D eigenvalue weighted by Gasteiger charge is -2.32. The third-order valence-corrected chi connectivity index (χ3v) is 5.62. The van der Waals surface area contributed by atoms with Crippen LogP contribution in [0, 0.1) is 5.92 Å². The van der Waals surface area contributed by atoms with Crippen LogP contribution in [-0.4, -0.2) is 52.1 Å². The monoisotopic (exact) mass is 393 g/mol. The van der Waals surface area contributed by atoms with Crippen LogP contribution in [0.25, 0.3) is 11.0 Å². The second-order valence-corrected chi connectivity index (χ2v) is 7.92. The third-order valence-electron chi connectivity index (χ3n) is 5.62. The van der Waals surface area contributed by atoms with Gasteiger partial charge in [0.05, 0.1) is 5.39 Å². The fraction of sp³-hybridized carbons (Fsp3) is 0.455. The highest BCUT2D eigenvalue weighted by Gasteiger charge is 2.26. The van der Waals surface area contributed by atoms with Crippen LogP contribution in [0.4, 0.5) is 0 Å². The summed E-state index contributed by atoms with van der Waals surface area (Å²) in [5.74, 6) is 0.633. The number of hydrogen-bond acceptors (Lipinski definition) is 6. The molecule has 29 heavy (non-hydrogen) atoms. The normalized spacial score (nSPS) is 19.5. The van der Waals surface area contributed by atoms with E-state index in [1.54, 1.807) is 12.3 Å². The molecule has 7 nitrogen and oxygen atoms in total. The number of amides is 1. The molecule has 0 saturated heterocycles. The quantitative estimate of drug-likeness (QED) is 0.664. The number of carbonyl (C=O) groups is 1. The molecule has 0 bridgehead atoms. The van der Waals surface area contributed by atoms with E-state index in [-0.39, 0.29) is 17.7 Å². The van der Waals surface area contributed by atoms with Gasteiger partial charge in [-0.25, -0.2) is 4.98 Å². The zero-order chi connectivity index (χ0) is 20.1. The number of rotatable bonds is 7. The van der Waals surface area contributed by atoms with E-state index >= 15 is 0 Å². The maximum Gasteiger partial charge on any atom is 0.290 e. The molecule has 1 fully saturated rings. The van der Waals surface area contributed by atoms with Crippen LogP contribution in [0.1, 0.15) is 41.9 Å². The molecule has 3 aromatic rings. The summed E-state index contributed by atoms with van der Waals surface area (Å²) in [4.78, 5) is 23.6. The number of hydrogen-bond donors (Lipinski definition) is 1. The van der Waals surface area contributed by atoms with Gasteiger partial charge in [-0.3, -0.25) is 9.78 Å². The molecule has 0 unspecified atom stereocenters. The second-order valence-electron chi connectivity index (χ2n) is 7.92. The molecular formula is C22H27N5O2. The number of nitrogens with one attached hydrogen (secondary N) is 1. The van der Waals surface area contributed by atoms with Gasteiger partial charge in [-0.2, -0.15) is 0 Å². The first-order valence-corrected chi connectivity index (χ1v) is 10.3. The minimum absolute atomic E-state index is 0.169. The first kappa shape index (κ1) is 19.5. The van der Waals surface area contributed by atoms with Crippen LogP contribution in [0.2, 0.25) is 0 Å². The van der Waals surface area contributed by atoms with Crippen LogP contribution in [0.3, 0.4) is 0 Å². The molecule has 3 aromatic heterocycles. The van der Waals surface area contributed by atoms with E-state index in [9.17, 15) is 4.79 Å². The van der Waals surface area contributed by atoms with Gasteiger partial charge in [0.1, 0.15) is 0 Å². The molecule has 0 aliphatic heterocycles. The van der Waals surface area contributed by atoms with Crippen molar-refractivity contribution in [2.24, 2.45) is 5.92 Å². The molecule has 7 heteroatoms. The van der Waals surface area contributed by atoms with E-state index in [0.29, 0.717) is 17.0 Å². The molecule has 0 aromatic carbocycles. The summed E-state index contributed by atoms with van der Waals surface area (Å²) in [6, 6.07) is 9.82. The summed E-state index contributed by atoms with van der Waals surface area (Å²) in [5, 5.41) is 7.68. The predicted molar refractivity (Wildman–Crippen MR) is 110 cm³/mol. The molecule has 1 amide bonds. The Kier molecular flexibility index (Phi) is 6.14. The molecule has 1 aliphatic rings. The largest absolute Gasteiger partial charge is 0.348 e. The lowest BCUT2D eigenvalue weighted by atomic mass is 9.85. The van der Waals surface area contributed by atoms with Crippen LogP contribution in [0.15, 0.2) is 47.2 Å². The molecule has 0 radical (unpaired) electrons. The van der Waals surface area contributed by atoms with Crippen LogP contribution < -0.4 is 5.32 Å². The van der Waals surface area contributed by atoms with Crippen molar-refractivity contribution in [3.05, 3.63) is 54.2 Å². The summed E-state index contributed by atoms with van der Waals surface area (Å²) >= 11 is 0. The average Bonchev–Trinajstić information content (AvgIpc) is 3.18. The van der Waals surface area contributed by atoms with Gasteiger partial charge in [0.2, 0.25) is 11.4 Å². The van der Waals surface area contributed by atoms with Crippen molar-refractivity contribution in [3.8, 4) is 0 Å². The minimum Gasteiger partial charge on any atom is -0.348 e. The number of pyridine rings is 2. The Bertz CT molecular complexity index is 943. The van der Waals surface area contributed by atoms with Crippen molar-refractivity contribution in [1.82, 2.24) is 25.3 Å². The number of aromatic nitrogens is 3. The van der Waals surface area contributed by atoms with Gasteiger partial charge >= 0.3 is 0 Å². The van der Waals surface area contributed by atoms with Gasteiger partial charge in [0.15, 0.2) is 0 Å². The summed E-state index contributed by atoms with van der Waals surface area (Å²) in [5.41, 5.74) is 1.59. The smallest absolute Gasteiger partial charge is 0.290 e. The minimum atomic E-state index is -0.199. The van der Waals surface area contributed by atoms with Crippen molar-refractivity contribution >= 4 is 16.9 Å². The highest BCUT2D eigenvalue weighted by Crippen LogP contribution is 2.26. The van der Waals surface area contributed by atoms with E-state index < -0.39 is 0 Å². The van der Waals surface area contributed by atoms with E-state index in [0.717, 1.165) is 44.5 Å². The first-order chi connectivity index (χ1) is 14.2. The molecule has 0 spiro atoms. The summed E-state index contributed by atoms with van der Waals surface area (Å²) in [6.07, 6.45) is 8.77. The topological polar surface area (TPSA) is 84.2 Å². The fourth-order valence-corrected chi connectivity index (χ4v) is 4.17. The van der Waals surface area contributed by atoms with E-state index in [2.05, 4.69) is 38.5 Å². The van der Waals surface area contributed by atoms with Crippen molar-refractivity contribution in [3.63, 3.8) is 0 Å². The second kappa shape index (κ2) is 9.13.